The van der Waals surface area contributed by atoms with Crippen LogP contribution in [0.5, 0.6) is 0 Å². The number of ether oxygens (including phenoxy) is 1. The van der Waals surface area contributed by atoms with Crippen molar-refractivity contribution in [3.8, 4) is 0 Å². The minimum atomic E-state index is -0.384. The molecule has 13 heavy (non-hydrogen) atoms. The highest BCUT2D eigenvalue weighted by atomic mass is 16.5. The van der Waals surface area contributed by atoms with Crippen molar-refractivity contribution in [1.82, 2.24) is 0 Å². The van der Waals surface area contributed by atoms with Crippen LogP contribution >= 0.6 is 0 Å². The van der Waals surface area contributed by atoms with E-state index in [1.165, 1.54) is 12.8 Å². The van der Waals surface area contributed by atoms with Gasteiger partial charge in [0.15, 0.2) is 0 Å². The van der Waals surface area contributed by atoms with Crippen LogP contribution in [0, 0.1) is 11.8 Å². The first-order valence-electron chi connectivity index (χ1n) is 5.57. The average molecular weight is 184 g/mol. The summed E-state index contributed by atoms with van der Waals surface area (Å²) in [5.74, 6) is 0.944. The van der Waals surface area contributed by atoms with Crippen molar-refractivity contribution < 1.29 is 9.84 Å². The predicted octanol–water partition coefficient (Wildman–Crippen LogP) is 1.96. The Bertz CT molecular complexity index is 175. The molecule has 2 fully saturated rings. The van der Waals surface area contributed by atoms with Crippen LogP contribution in [0.2, 0.25) is 0 Å². The van der Waals surface area contributed by atoms with E-state index in [0.717, 1.165) is 32.5 Å². The Hall–Kier alpha value is -0.0800. The van der Waals surface area contributed by atoms with Gasteiger partial charge in [-0.3, -0.25) is 0 Å². The van der Waals surface area contributed by atoms with Gasteiger partial charge in [-0.1, -0.05) is 19.8 Å². The molecule has 3 unspecified atom stereocenters. The maximum absolute atomic E-state index is 10.6. The van der Waals surface area contributed by atoms with Gasteiger partial charge in [-0.05, 0) is 25.2 Å². The summed E-state index contributed by atoms with van der Waals surface area (Å²) in [5.41, 5.74) is -0.384. The van der Waals surface area contributed by atoms with E-state index in [4.69, 9.17) is 4.74 Å². The van der Waals surface area contributed by atoms with Gasteiger partial charge in [-0.25, -0.2) is 0 Å². The summed E-state index contributed by atoms with van der Waals surface area (Å²) in [4.78, 5) is 0. The molecule has 1 saturated carbocycles. The normalized spacial score (nSPS) is 45.7. The van der Waals surface area contributed by atoms with Gasteiger partial charge in [-0.2, -0.15) is 0 Å². The smallest absolute Gasteiger partial charge is 0.0726 e. The second-order valence-electron chi connectivity index (χ2n) is 4.55. The summed E-state index contributed by atoms with van der Waals surface area (Å²) in [5, 5.41) is 10.6. The fourth-order valence-corrected chi connectivity index (χ4v) is 3.11. The van der Waals surface area contributed by atoms with E-state index in [2.05, 4.69) is 6.92 Å². The molecule has 0 radical (unpaired) electrons. The Balaban J connectivity index is 2.07. The highest BCUT2D eigenvalue weighted by Crippen LogP contribution is 2.45. The molecule has 1 aliphatic carbocycles. The lowest BCUT2D eigenvalue weighted by Crippen LogP contribution is -2.41. The van der Waals surface area contributed by atoms with Crippen LogP contribution in [0.1, 0.15) is 39.0 Å². The molecule has 0 aromatic carbocycles. The van der Waals surface area contributed by atoms with Gasteiger partial charge in [0, 0.05) is 12.5 Å². The van der Waals surface area contributed by atoms with Crippen LogP contribution in [0.3, 0.4) is 0 Å². The minimum absolute atomic E-state index is 0.384. The fraction of sp³-hybridized carbons (Fsp3) is 1.00. The van der Waals surface area contributed by atoms with E-state index in [9.17, 15) is 5.11 Å². The monoisotopic (exact) mass is 184 g/mol. The molecule has 76 valence electrons. The second kappa shape index (κ2) is 3.58. The molecule has 1 aliphatic heterocycles. The van der Waals surface area contributed by atoms with Crippen molar-refractivity contribution in [2.45, 2.75) is 44.6 Å². The van der Waals surface area contributed by atoms with Gasteiger partial charge in [0.25, 0.3) is 0 Å². The first-order valence-corrected chi connectivity index (χ1v) is 5.57. The van der Waals surface area contributed by atoms with Crippen LogP contribution in [0.4, 0.5) is 0 Å². The van der Waals surface area contributed by atoms with E-state index in [1.54, 1.807) is 0 Å². The topological polar surface area (TPSA) is 29.5 Å². The fourth-order valence-electron chi connectivity index (χ4n) is 3.11. The molecule has 0 amide bonds. The maximum atomic E-state index is 10.6. The molecule has 1 heterocycles. The van der Waals surface area contributed by atoms with Crippen LogP contribution in [-0.2, 0) is 4.74 Å². The van der Waals surface area contributed by atoms with Gasteiger partial charge in [-0.15, -0.1) is 0 Å². The lowest BCUT2D eigenvalue weighted by molar-refractivity contribution is -0.0544. The van der Waals surface area contributed by atoms with E-state index in [1.807, 2.05) is 0 Å². The van der Waals surface area contributed by atoms with Crippen LogP contribution in [0.15, 0.2) is 0 Å². The van der Waals surface area contributed by atoms with Crippen molar-refractivity contribution in [2.75, 3.05) is 13.2 Å². The Kier molecular flexibility index (Phi) is 2.61. The third kappa shape index (κ3) is 1.50. The average Bonchev–Trinajstić information content (AvgIpc) is 2.72. The molecule has 0 bridgehead atoms. The van der Waals surface area contributed by atoms with E-state index in [-0.39, 0.29) is 5.60 Å². The van der Waals surface area contributed by atoms with Crippen molar-refractivity contribution in [1.29, 1.82) is 0 Å². The van der Waals surface area contributed by atoms with Crippen LogP contribution in [-0.4, -0.2) is 23.9 Å². The summed E-state index contributed by atoms with van der Waals surface area (Å²) in [6, 6.07) is 0. The molecule has 2 rings (SSSR count). The summed E-state index contributed by atoms with van der Waals surface area (Å²) in [6.45, 7) is 3.83. The maximum Gasteiger partial charge on any atom is 0.0726 e. The first kappa shape index (κ1) is 9.47. The standard InChI is InChI=1S/C11H20O2/c1-2-9-4-3-6-11(9,12)10-5-7-13-8-10/h9-10,12H,2-8H2,1H3. The molecule has 3 atom stereocenters. The molecule has 0 aromatic rings. The van der Waals surface area contributed by atoms with Gasteiger partial charge < -0.3 is 9.84 Å². The van der Waals surface area contributed by atoms with Gasteiger partial charge >= 0.3 is 0 Å². The number of rotatable bonds is 2. The molecular formula is C11H20O2. The molecule has 0 aromatic heterocycles. The Morgan fingerprint density at radius 1 is 1.46 bits per heavy atom. The molecule has 1 N–H and O–H groups in total. The zero-order chi connectivity index (χ0) is 9.31. The van der Waals surface area contributed by atoms with E-state index < -0.39 is 0 Å². The molecule has 2 nitrogen and oxygen atoms in total. The number of hydrogen-bond donors (Lipinski definition) is 1. The SMILES string of the molecule is CCC1CCCC1(O)C1CCOC1. The lowest BCUT2D eigenvalue weighted by Gasteiger charge is -2.34. The zero-order valence-electron chi connectivity index (χ0n) is 8.46. The van der Waals surface area contributed by atoms with Crippen molar-refractivity contribution >= 4 is 0 Å². The summed E-state index contributed by atoms with van der Waals surface area (Å²) in [7, 11) is 0. The van der Waals surface area contributed by atoms with Crippen molar-refractivity contribution in [2.24, 2.45) is 11.8 Å². The lowest BCUT2D eigenvalue weighted by atomic mass is 9.77. The molecule has 1 saturated heterocycles. The first-order chi connectivity index (χ1) is 6.27. The highest BCUT2D eigenvalue weighted by Gasteiger charge is 2.47. The van der Waals surface area contributed by atoms with Crippen molar-refractivity contribution in [3.63, 3.8) is 0 Å². The van der Waals surface area contributed by atoms with E-state index in [0.29, 0.717) is 11.8 Å². The highest BCUT2D eigenvalue weighted by molar-refractivity contribution is 4.97. The van der Waals surface area contributed by atoms with Crippen LogP contribution in [0.25, 0.3) is 0 Å². The molecule has 0 spiro atoms. The molecule has 2 heteroatoms. The summed E-state index contributed by atoms with van der Waals surface area (Å²) < 4.78 is 5.37. The zero-order valence-corrected chi connectivity index (χ0v) is 8.46. The Morgan fingerprint density at radius 2 is 2.31 bits per heavy atom. The predicted molar refractivity (Wildman–Crippen MR) is 51.5 cm³/mol. The molecule has 2 aliphatic rings. The molecular weight excluding hydrogens is 164 g/mol. The van der Waals surface area contributed by atoms with Gasteiger partial charge in [0.05, 0.1) is 12.2 Å². The van der Waals surface area contributed by atoms with Gasteiger partial charge in [0.2, 0.25) is 0 Å². The van der Waals surface area contributed by atoms with E-state index >= 15 is 0 Å². The summed E-state index contributed by atoms with van der Waals surface area (Å²) in [6.07, 6.45) is 5.59. The summed E-state index contributed by atoms with van der Waals surface area (Å²) >= 11 is 0. The second-order valence-corrected chi connectivity index (χ2v) is 4.55. The van der Waals surface area contributed by atoms with Gasteiger partial charge in [0.1, 0.15) is 0 Å². The van der Waals surface area contributed by atoms with Crippen molar-refractivity contribution in [3.05, 3.63) is 0 Å². The number of hydrogen-bond acceptors (Lipinski definition) is 2. The number of aliphatic hydroxyl groups is 1. The van der Waals surface area contributed by atoms with Crippen LogP contribution < -0.4 is 0 Å². The Morgan fingerprint density at radius 3 is 2.92 bits per heavy atom. The minimum Gasteiger partial charge on any atom is -0.389 e. The quantitative estimate of drug-likeness (QED) is 0.711. The third-order valence-corrected chi connectivity index (χ3v) is 3.97. The largest absolute Gasteiger partial charge is 0.389 e. The Labute approximate surface area is 80.3 Å². The third-order valence-electron chi connectivity index (χ3n) is 3.97.